The first kappa shape index (κ1) is 9.99. The van der Waals surface area contributed by atoms with Gasteiger partial charge in [-0.1, -0.05) is 0 Å². The van der Waals surface area contributed by atoms with E-state index in [1.165, 1.54) is 6.07 Å². The van der Waals surface area contributed by atoms with Gasteiger partial charge in [0, 0.05) is 5.69 Å². The maximum Gasteiger partial charge on any atom is 0.327 e. The zero-order valence-electron chi connectivity index (χ0n) is 7.37. The van der Waals surface area contributed by atoms with Crippen LogP contribution in [0.25, 0.3) is 4.85 Å². The monoisotopic (exact) mass is 194 g/mol. The summed E-state index contributed by atoms with van der Waals surface area (Å²) in [5.41, 5.74) is 4.88. The lowest BCUT2D eigenvalue weighted by molar-refractivity contribution is 0.0601. The number of nitrogens with zero attached hydrogens (tertiary/aromatic N) is 1. The molecule has 0 radical (unpaired) electrons. The van der Waals surface area contributed by atoms with Crippen molar-refractivity contribution in [1.82, 2.24) is 0 Å². The molecule has 0 saturated heterocycles. The van der Waals surface area contributed by atoms with Gasteiger partial charge in [-0.15, -0.1) is 0 Å². The zero-order chi connectivity index (χ0) is 10.7. The molecule has 0 unspecified atom stereocenters. The molecule has 0 aromatic heterocycles. The summed E-state index contributed by atoms with van der Waals surface area (Å²) in [6, 6.07) is 2.20. The van der Waals surface area contributed by atoms with Crippen molar-refractivity contribution in [1.29, 1.82) is 0 Å². The molecule has 4 nitrogen and oxygen atoms in total. The number of benzene rings is 1. The van der Waals surface area contributed by atoms with Gasteiger partial charge in [-0.3, -0.25) is 0 Å². The maximum atomic E-state index is 13.1. The number of nitrogens with two attached hydrogens (primary N) is 1. The Labute approximate surface area is 79.9 Å². The number of rotatable bonds is 1. The predicted molar refractivity (Wildman–Crippen MR) is 48.4 cm³/mol. The minimum Gasteiger partial charge on any atom is -0.466 e. The number of hydrogen-bond acceptors (Lipinski definition) is 3. The molecular weight excluding hydrogens is 187 g/mol. The average molecular weight is 194 g/mol. The third-order valence-electron chi connectivity index (χ3n) is 1.60. The summed E-state index contributed by atoms with van der Waals surface area (Å²) in [6.45, 7) is 6.70. The van der Waals surface area contributed by atoms with Crippen LogP contribution in [-0.4, -0.2) is 13.1 Å². The molecule has 0 atom stereocenters. The van der Waals surface area contributed by atoms with E-state index in [9.17, 15) is 9.18 Å². The van der Waals surface area contributed by atoms with Crippen molar-refractivity contribution >= 4 is 17.3 Å². The topological polar surface area (TPSA) is 56.7 Å². The van der Waals surface area contributed by atoms with E-state index in [-0.39, 0.29) is 16.9 Å². The predicted octanol–water partition coefficient (Wildman–Crippen LogP) is 1.75. The third-order valence-corrected chi connectivity index (χ3v) is 1.60. The van der Waals surface area contributed by atoms with Crippen LogP contribution in [0.4, 0.5) is 15.8 Å². The second-order valence-electron chi connectivity index (χ2n) is 2.50. The Balaban J connectivity index is 3.41. The molecule has 1 rings (SSSR count). The highest BCUT2D eigenvalue weighted by atomic mass is 19.1. The molecule has 0 aliphatic heterocycles. The Morgan fingerprint density at radius 3 is 2.79 bits per heavy atom. The number of nitrogen functional groups attached to an aromatic ring is 1. The minimum atomic E-state index is -0.819. The van der Waals surface area contributed by atoms with Crippen LogP contribution in [0.5, 0.6) is 0 Å². The lowest BCUT2D eigenvalue weighted by atomic mass is 10.1. The van der Waals surface area contributed by atoms with Crippen molar-refractivity contribution in [3.8, 4) is 0 Å². The summed E-state index contributed by atoms with van der Waals surface area (Å²) in [5, 5.41) is 0. The largest absolute Gasteiger partial charge is 0.466 e. The number of ether oxygens (including phenoxy) is 1. The van der Waals surface area contributed by atoms with Crippen LogP contribution in [0.15, 0.2) is 12.1 Å². The molecule has 0 amide bonds. The molecular formula is C9H7FN2O2. The number of hydrogen-bond donors (Lipinski definition) is 1. The summed E-state index contributed by atoms with van der Waals surface area (Å²) >= 11 is 0. The molecule has 0 aliphatic rings. The first-order valence-corrected chi connectivity index (χ1v) is 3.65. The fourth-order valence-electron chi connectivity index (χ4n) is 0.999. The highest BCUT2D eigenvalue weighted by Crippen LogP contribution is 2.26. The standard InChI is InChI=1S/C9H7FN2O2/c1-12-8-6(9(13)14-2)3-5(11)4-7(8)10/h3-4H,11H2,2H3. The molecule has 0 aliphatic carbocycles. The normalized spacial score (nSPS) is 9.21. The van der Waals surface area contributed by atoms with Crippen LogP contribution in [-0.2, 0) is 4.74 Å². The number of esters is 1. The van der Waals surface area contributed by atoms with E-state index in [2.05, 4.69) is 9.58 Å². The highest BCUT2D eigenvalue weighted by Gasteiger charge is 2.16. The van der Waals surface area contributed by atoms with Gasteiger partial charge in [0.25, 0.3) is 0 Å². The molecule has 5 heteroatoms. The summed E-state index contributed by atoms with van der Waals surface area (Å²) in [7, 11) is 1.15. The van der Waals surface area contributed by atoms with Crippen molar-refractivity contribution in [3.63, 3.8) is 0 Å². The van der Waals surface area contributed by atoms with Gasteiger partial charge in [-0.25, -0.2) is 14.0 Å². The summed E-state index contributed by atoms with van der Waals surface area (Å²) in [4.78, 5) is 14.0. The number of halogens is 1. The second-order valence-corrected chi connectivity index (χ2v) is 2.50. The van der Waals surface area contributed by atoms with Gasteiger partial charge in [-0.2, -0.15) is 0 Å². The van der Waals surface area contributed by atoms with Crippen molar-refractivity contribution in [2.75, 3.05) is 12.8 Å². The third kappa shape index (κ3) is 1.64. The van der Waals surface area contributed by atoms with Gasteiger partial charge in [-0.05, 0) is 12.1 Å². The number of carbonyl (C=O) groups excluding carboxylic acids is 1. The first-order valence-electron chi connectivity index (χ1n) is 3.65. The lowest BCUT2D eigenvalue weighted by Gasteiger charge is -2.04. The molecule has 14 heavy (non-hydrogen) atoms. The van der Waals surface area contributed by atoms with Crippen LogP contribution in [0.1, 0.15) is 10.4 Å². The number of carbonyl (C=O) groups is 1. The Kier molecular flexibility index (Phi) is 2.67. The van der Waals surface area contributed by atoms with Crippen LogP contribution in [0, 0.1) is 12.4 Å². The Bertz CT molecular complexity index is 424. The van der Waals surface area contributed by atoms with E-state index >= 15 is 0 Å². The average Bonchev–Trinajstić information content (AvgIpc) is 2.15. The first-order chi connectivity index (χ1) is 6.60. The minimum absolute atomic E-state index is 0.0790. The fraction of sp³-hybridized carbons (Fsp3) is 0.111. The van der Waals surface area contributed by atoms with E-state index in [1.54, 1.807) is 0 Å². The summed E-state index contributed by atoms with van der Waals surface area (Å²) < 4.78 is 17.5. The summed E-state index contributed by atoms with van der Waals surface area (Å²) in [6.07, 6.45) is 0. The van der Waals surface area contributed by atoms with Crippen molar-refractivity contribution in [3.05, 3.63) is 34.9 Å². The van der Waals surface area contributed by atoms with Crippen molar-refractivity contribution < 1.29 is 13.9 Å². The van der Waals surface area contributed by atoms with Crippen molar-refractivity contribution in [2.24, 2.45) is 0 Å². The highest BCUT2D eigenvalue weighted by molar-refractivity contribution is 5.97. The number of anilines is 1. The van der Waals surface area contributed by atoms with Gasteiger partial charge in [0.05, 0.1) is 19.2 Å². The fourth-order valence-corrected chi connectivity index (χ4v) is 0.999. The van der Waals surface area contributed by atoms with Crippen LogP contribution < -0.4 is 5.73 Å². The number of methoxy groups -OCH3 is 1. The molecule has 0 heterocycles. The SMILES string of the molecule is [C-]#[N+]c1c(F)cc(N)cc1C(=O)OC. The lowest BCUT2D eigenvalue weighted by Crippen LogP contribution is -2.03. The van der Waals surface area contributed by atoms with Gasteiger partial charge in [0.15, 0.2) is 0 Å². The quantitative estimate of drug-likeness (QED) is 0.421. The van der Waals surface area contributed by atoms with E-state index in [4.69, 9.17) is 12.3 Å². The van der Waals surface area contributed by atoms with Crippen LogP contribution in [0.2, 0.25) is 0 Å². The molecule has 0 saturated carbocycles. The molecule has 0 fully saturated rings. The van der Waals surface area contributed by atoms with Gasteiger partial charge >= 0.3 is 5.97 Å². The molecule has 0 spiro atoms. The molecule has 0 bridgehead atoms. The van der Waals surface area contributed by atoms with Gasteiger partial charge in [0.1, 0.15) is 5.82 Å². The van der Waals surface area contributed by atoms with E-state index < -0.39 is 11.8 Å². The molecule has 1 aromatic rings. The van der Waals surface area contributed by atoms with Gasteiger partial charge in [0.2, 0.25) is 5.69 Å². The van der Waals surface area contributed by atoms with Crippen LogP contribution in [0.3, 0.4) is 0 Å². The molecule has 72 valence electrons. The summed E-state index contributed by atoms with van der Waals surface area (Å²) in [5.74, 6) is -1.59. The van der Waals surface area contributed by atoms with Gasteiger partial charge < -0.3 is 10.5 Å². The smallest absolute Gasteiger partial charge is 0.327 e. The maximum absolute atomic E-state index is 13.1. The Morgan fingerprint density at radius 1 is 1.64 bits per heavy atom. The second kappa shape index (κ2) is 3.75. The molecule has 1 aromatic carbocycles. The van der Waals surface area contributed by atoms with E-state index in [0.29, 0.717) is 0 Å². The molecule has 2 N–H and O–H groups in total. The Hall–Kier alpha value is -2.09. The zero-order valence-corrected chi connectivity index (χ0v) is 7.37. The van der Waals surface area contributed by atoms with Crippen LogP contribution >= 0.6 is 0 Å². The van der Waals surface area contributed by atoms with E-state index in [1.807, 2.05) is 0 Å². The Morgan fingerprint density at radius 2 is 2.29 bits per heavy atom. The van der Waals surface area contributed by atoms with Crippen molar-refractivity contribution in [2.45, 2.75) is 0 Å². The van der Waals surface area contributed by atoms with E-state index in [0.717, 1.165) is 13.2 Å².